The molecule has 2 nitrogen and oxygen atoms in total. The first-order valence-corrected chi connectivity index (χ1v) is 6.22. The lowest BCUT2D eigenvalue weighted by atomic mass is 9.82. The van der Waals surface area contributed by atoms with E-state index in [1.54, 1.807) is 0 Å². The van der Waals surface area contributed by atoms with Crippen molar-refractivity contribution in [3.63, 3.8) is 0 Å². The van der Waals surface area contributed by atoms with Gasteiger partial charge in [0.2, 0.25) is 0 Å². The summed E-state index contributed by atoms with van der Waals surface area (Å²) in [5, 5.41) is 3.56. The zero-order valence-corrected chi connectivity index (χ0v) is 12.3. The summed E-state index contributed by atoms with van der Waals surface area (Å²) in [7, 11) is 0. The molecule has 0 aliphatic heterocycles. The van der Waals surface area contributed by atoms with E-state index in [0.717, 1.165) is 6.42 Å². The standard InChI is InChI=1S/C14H29NO/c1-9-13(5,6)15-14(7,8)10-11(16)12(2,3)4/h15H,9-10H2,1-8H3. The van der Waals surface area contributed by atoms with Gasteiger partial charge >= 0.3 is 0 Å². The third-order valence-electron chi connectivity index (χ3n) is 3.00. The Bertz CT molecular complexity index is 246. The molecule has 0 spiro atoms. The van der Waals surface area contributed by atoms with Gasteiger partial charge in [0.15, 0.2) is 0 Å². The summed E-state index contributed by atoms with van der Waals surface area (Å²) in [4.78, 5) is 12.0. The van der Waals surface area contributed by atoms with Crippen molar-refractivity contribution < 1.29 is 4.79 Å². The molecular formula is C14H29NO. The Morgan fingerprint density at radius 1 is 0.938 bits per heavy atom. The maximum atomic E-state index is 12.0. The molecule has 16 heavy (non-hydrogen) atoms. The fraction of sp³-hybridized carbons (Fsp3) is 0.929. The fourth-order valence-electron chi connectivity index (χ4n) is 1.72. The van der Waals surface area contributed by atoms with Crippen LogP contribution in [0.4, 0.5) is 0 Å². The zero-order chi connectivity index (χ0) is 13.2. The van der Waals surface area contributed by atoms with E-state index < -0.39 is 0 Å². The van der Waals surface area contributed by atoms with Crippen LogP contribution in [0.3, 0.4) is 0 Å². The first kappa shape index (κ1) is 15.6. The van der Waals surface area contributed by atoms with Crippen LogP contribution in [0, 0.1) is 5.41 Å². The average Bonchev–Trinajstić information content (AvgIpc) is 1.99. The molecule has 0 saturated heterocycles. The topological polar surface area (TPSA) is 29.1 Å². The SMILES string of the molecule is CCC(C)(C)NC(C)(C)CC(=O)C(C)(C)C. The number of carbonyl (C=O) groups is 1. The summed E-state index contributed by atoms with van der Waals surface area (Å²) in [5.41, 5.74) is -0.291. The molecule has 0 rings (SSSR count). The molecule has 2 heteroatoms. The van der Waals surface area contributed by atoms with Crippen molar-refractivity contribution in [3.8, 4) is 0 Å². The Morgan fingerprint density at radius 2 is 1.38 bits per heavy atom. The number of carbonyl (C=O) groups excluding carboxylic acids is 1. The maximum absolute atomic E-state index is 12.0. The smallest absolute Gasteiger partial charge is 0.140 e. The van der Waals surface area contributed by atoms with E-state index in [-0.39, 0.29) is 16.5 Å². The van der Waals surface area contributed by atoms with Gasteiger partial charge in [-0.3, -0.25) is 4.79 Å². The van der Waals surface area contributed by atoms with E-state index in [2.05, 4.69) is 39.9 Å². The van der Waals surface area contributed by atoms with Gasteiger partial charge in [-0.25, -0.2) is 0 Å². The number of hydrogen-bond donors (Lipinski definition) is 1. The molecule has 0 bridgehead atoms. The average molecular weight is 227 g/mol. The van der Waals surface area contributed by atoms with Crippen molar-refractivity contribution >= 4 is 5.78 Å². The Balaban J connectivity index is 4.53. The van der Waals surface area contributed by atoms with Gasteiger partial charge in [0.1, 0.15) is 5.78 Å². The molecule has 0 aromatic rings. The molecule has 0 radical (unpaired) electrons. The molecule has 0 fully saturated rings. The summed E-state index contributed by atoms with van der Waals surface area (Å²) in [6, 6.07) is 0. The second-order valence-electron chi connectivity index (χ2n) is 7.10. The van der Waals surface area contributed by atoms with Crippen molar-refractivity contribution in [1.29, 1.82) is 0 Å². The highest BCUT2D eigenvalue weighted by Crippen LogP contribution is 2.24. The fourth-order valence-corrected chi connectivity index (χ4v) is 1.72. The van der Waals surface area contributed by atoms with Gasteiger partial charge in [0.25, 0.3) is 0 Å². The first-order valence-electron chi connectivity index (χ1n) is 6.22. The van der Waals surface area contributed by atoms with Crippen LogP contribution in [0.15, 0.2) is 0 Å². The summed E-state index contributed by atoms with van der Waals surface area (Å²) >= 11 is 0. The molecule has 0 saturated carbocycles. The van der Waals surface area contributed by atoms with Gasteiger partial charge in [-0.1, -0.05) is 27.7 Å². The quantitative estimate of drug-likeness (QED) is 0.778. The second kappa shape index (κ2) is 4.87. The van der Waals surface area contributed by atoms with E-state index >= 15 is 0 Å². The van der Waals surface area contributed by atoms with Gasteiger partial charge in [0.05, 0.1) is 0 Å². The normalized spacial score (nSPS) is 14.0. The highest BCUT2D eigenvalue weighted by molar-refractivity contribution is 5.84. The lowest BCUT2D eigenvalue weighted by Crippen LogP contribution is -2.53. The van der Waals surface area contributed by atoms with Crippen LogP contribution in [0.5, 0.6) is 0 Å². The number of nitrogens with one attached hydrogen (secondary N) is 1. The van der Waals surface area contributed by atoms with Crippen LogP contribution in [-0.2, 0) is 4.79 Å². The number of ketones is 1. The molecule has 0 unspecified atom stereocenters. The molecule has 0 heterocycles. The molecule has 1 N–H and O–H groups in total. The zero-order valence-electron chi connectivity index (χ0n) is 12.3. The van der Waals surface area contributed by atoms with Crippen LogP contribution in [0.2, 0.25) is 0 Å². The van der Waals surface area contributed by atoms with E-state index in [4.69, 9.17) is 0 Å². The number of hydrogen-bond acceptors (Lipinski definition) is 2. The van der Waals surface area contributed by atoms with Gasteiger partial charge < -0.3 is 5.32 Å². The third kappa shape index (κ3) is 5.64. The minimum absolute atomic E-state index is 0.0850. The van der Waals surface area contributed by atoms with Crippen molar-refractivity contribution in [1.82, 2.24) is 5.32 Å². The van der Waals surface area contributed by atoms with Crippen LogP contribution in [0.1, 0.15) is 68.2 Å². The van der Waals surface area contributed by atoms with E-state index in [9.17, 15) is 4.79 Å². The Kier molecular flexibility index (Phi) is 4.75. The van der Waals surface area contributed by atoms with Crippen molar-refractivity contribution in [2.45, 2.75) is 79.3 Å². The van der Waals surface area contributed by atoms with Gasteiger partial charge in [-0.05, 0) is 34.1 Å². The highest BCUT2D eigenvalue weighted by Gasteiger charge is 2.32. The third-order valence-corrected chi connectivity index (χ3v) is 3.00. The molecule has 0 amide bonds. The maximum Gasteiger partial charge on any atom is 0.140 e. The Hall–Kier alpha value is -0.370. The summed E-state index contributed by atoms with van der Waals surface area (Å²) in [6.07, 6.45) is 1.64. The molecule has 0 aliphatic carbocycles. The van der Waals surface area contributed by atoms with E-state index in [1.165, 1.54) is 0 Å². The lowest BCUT2D eigenvalue weighted by molar-refractivity contribution is -0.127. The summed E-state index contributed by atoms with van der Waals surface area (Å²) in [6.45, 7) is 16.7. The van der Waals surface area contributed by atoms with Gasteiger partial charge in [-0.2, -0.15) is 0 Å². The van der Waals surface area contributed by atoms with Crippen LogP contribution in [0.25, 0.3) is 0 Å². The van der Waals surface area contributed by atoms with E-state index in [0.29, 0.717) is 12.2 Å². The van der Waals surface area contributed by atoms with Crippen LogP contribution < -0.4 is 5.32 Å². The van der Waals surface area contributed by atoms with Crippen LogP contribution in [-0.4, -0.2) is 16.9 Å². The molecular weight excluding hydrogens is 198 g/mol. The second-order valence-corrected chi connectivity index (χ2v) is 7.10. The Morgan fingerprint density at radius 3 is 1.69 bits per heavy atom. The monoisotopic (exact) mass is 227 g/mol. The summed E-state index contributed by atoms with van der Waals surface area (Å²) in [5.74, 6) is 0.317. The largest absolute Gasteiger partial charge is 0.306 e. The van der Waals surface area contributed by atoms with Gasteiger partial charge in [-0.15, -0.1) is 0 Å². The Labute approximate surface area is 101 Å². The molecule has 0 aromatic carbocycles. The predicted molar refractivity (Wildman–Crippen MR) is 70.7 cm³/mol. The van der Waals surface area contributed by atoms with E-state index in [1.807, 2.05) is 20.8 Å². The molecule has 0 atom stereocenters. The minimum Gasteiger partial charge on any atom is -0.306 e. The molecule has 96 valence electrons. The van der Waals surface area contributed by atoms with Crippen molar-refractivity contribution in [2.75, 3.05) is 0 Å². The highest BCUT2D eigenvalue weighted by atomic mass is 16.1. The number of rotatable bonds is 5. The predicted octanol–water partition coefficient (Wildman–Crippen LogP) is 3.55. The molecule has 0 aromatic heterocycles. The van der Waals surface area contributed by atoms with Gasteiger partial charge in [0, 0.05) is 22.9 Å². The number of Topliss-reactive ketones (excluding diaryl/α,β-unsaturated/α-hetero) is 1. The summed E-state index contributed by atoms with van der Waals surface area (Å²) < 4.78 is 0. The van der Waals surface area contributed by atoms with Crippen molar-refractivity contribution in [2.24, 2.45) is 5.41 Å². The molecule has 0 aliphatic rings. The first-order chi connectivity index (χ1) is 6.90. The van der Waals surface area contributed by atoms with Crippen LogP contribution >= 0.6 is 0 Å². The van der Waals surface area contributed by atoms with Crippen molar-refractivity contribution in [3.05, 3.63) is 0 Å². The lowest BCUT2D eigenvalue weighted by Gasteiger charge is -2.37. The minimum atomic E-state index is -0.241.